The largest absolute Gasteiger partial charge is 0.399 e. The molecule has 0 aliphatic carbocycles. The van der Waals surface area contributed by atoms with E-state index in [-0.39, 0.29) is 0 Å². The molecule has 0 saturated carbocycles. The van der Waals surface area contributed by atoms with Gasteiger partial charge in [0, 0.05) is 5.69 Å². The van der Waals surface area contributed by atoms with Crippen LogP contribution in [0.2, 0.25) is 0 Å². The SMILES string of the molecule is CCCC(O)C(O)CCc1ccc(N)cc1. The number of aryl methyl sites for hydroxylation is 1. The first-order valence-corrected chi connectivity index (χ1v) is 5.84. The second-order valence-electron chi connectivity index (χ2n) is 4.20. The highest BCUT2D eigenvalue weighted by Gasteiger charge is 2.14. The number of aliphatic hydroxyl groups is 2. The number of anilines is 1. The molecule has 1 rings (SSSR count). The van der Waals surface area contributed by atoms with E-state index in [4.69, 9.17) is 5.73 Å². The van der Waals surface area contributed by atoms with Gasteiger partial charge in [-0.15, -0.1) is 0 Å². The third-order valence-electron chi connectivity index (χ3n) is 2.74. The van der Waals surface area contributed by atoms with E-state index >= 15 is 0 Å². The molecule has 4 N–H and O–H groups in total. The fraction of sp³-hybridized carbons (Fsp3) is 0.538. The van der Waals surface area contributed by atoms with E-state index in [1.807, 2.05) is 31.2 Å². The minimum absolute atomic E-state index is 0.588. The Hall–Kier alpha value is -1.06. The maximum Gasteiger partial charge on any atom is 0.0802 e. The van der Waals surface area contributed by atoms with Gasteiger partial charge in [-0.1, -0.05) is 25.5 Å². The van der Waals surface area contributed by atoms with Gasteiger partial charge >= 0.3 is 0 Å². The summed E-state index contributed by atoms with van der Waals surface area (Å²) in [7, 11) is 0. The number of hydrogen-bond acceptors (Lipinski definition) is 3. The number of hydrogen-bond donors (Lipinski definition) is 3. The summed E-state index contributed by atoms with van der Waals surface area (Å²) < 4.78 is 0. The number of nitrogen functional groups attached to an aromatic ring is 1. The number of rotatable bonds is 6. The van der Waals surface area contributed by atoms with Gasteiger partial charge in [-0.3, -0.25) is 0 Å². The third-order valence-corrected chi connectivity index (χ3v) is 2.74. The van der Waals surface area contributed by atoms with E-state index in [0.717, 1.165) is 24.1 Å². The number of benzene rings is 1. The monoisotopic (exact) mass is 223 g/mol. The van der Waals surface area contributed by atoms with Crippen molar-refractivity contribution in [3.8, 4) is 0 Å². The molecule has 90 valence electrons. The predicted octanol–water partition coefficient (Wildman–Crippen LogP) is 1.72. The van der Waals surface area contributed by atoms with E-state index in [9.17, 15) is 10.2 Å². The highest BCUT2D eigenvalue weighted by molar-refractivity contribution is 5.39. The molecule has 0 spiro atoms. The second-order valence-corrected chi connectivity index (χ2v) is 4.20. The molecule has 0 aliphatic rings. The summed E-state index contributed by atoms with van der Waals surface area (Å²) in [5, 5.41) is 19.3. The molecule has 1 aromatic carbocycles. The summed E-state index contributed by atoms with van der Waals surface area (Å²) in [4.78, 5) is 0. The lowest BCUT2D eigenvalue weighted by Crippen LogP contribution is -2.26. The van der Waals surface area contributed by atoms with Crippen LogP contribution in [0.4, 0.5) is 5.69 Å². The fourth-order valence-electron chi connectivity index (χ4n) is 1.68. The van der Waals surface area contributed by atoms with E-state index in [1.165, 1.54) is 0 Å². The third kappa shape index (κ3) is 4.21. The van der Waals surface area contributed by atoms with Crippen molar-refractivity contribution in [2.45, 2.75) is 44.8 Å². The van der Waals surface area contributed by atoms with E-state index < -0.39 is 12.2 Å². The predicted molar refractivity (Wildman–Crippen MR) is 66.1 cm³/mol. The van der Waals surface area contributed by atoms with Gasteiger partial charge in [0.05, 0.1) is 12.2 Å². The molecule has 0 heterocycles. The minimum Gasteiger partial charge on any atom is -0.399 e. The van der Waals surface area contributed by atoms with Crippen molar-refractivity contribution in [2.75, 3.05) is 5.73 Å². The summed E-state index contributed by atoms with van der Waals surface area (Å²) in [6.45, 7) is 2.00. The van der Waals surface area contributed by atoms with Crippen LogP contribution >= 0.6 is 0 Å². The topological polar surface area (TPSA) is 66.5 Å². The molecule has 0 saturated heterocycles. The first-order valence-electron chi connectivity index (χ1n) is 5.84. The first-order chi connectivity index (χ1) is 7.63. The summed E-state index contributed by atoms with van der Waals surface area (Å²) >= 11 is 0. The van der Waals surface area contributed by atoms with Gasteiger partial charge in [-0.25, -0.2) is 0 Å². The molecule has 0 radical (unpaired) electrons. The van der Waals surface area contributed by atoms with Gasteiger partial charge in [0.25, 0.3) is 0 Å². The molecule has 0 aromatic heterocycles. The van der Waals surface area contributed by atoms with E-state index in [2.05, 4.69) is 0 Å². The van der Waals surface area contributed by atoms with Crippen LogP contribution in [-0.4, -0.2) is 22.4 Å². The van der Waals surface area contributed by atoms with Gasteiger partial charge in [-0.05, 0) is 37.0 Å². The Labute approximate surface area is 96.9 Å². The van der Waals surface area contributed by atoms with Crippen LogP contribution in [0.1, 0.15) is 31.7 Å². The number of nitrogens with two attached hydrogens (primary N) is 1. The Morgan fingerprint density at radius 2 is 1.62 bits per heavy atom. The molecule has 16 heavy (non-hydrogen) atoms. The van der Waals surface area contributed by atoms with Crippen LogP contribution in [0.3, 0.4) is 0 Å². The lowest BCUT2D eigenvalue weighted by atomic mass is 10.0. The highest BCUT2D eigenvalue weighted by atomic mass is 16.3. The Morgan fingerprint density at radius 1 is 1.06 bits per heavy atom. The zero-order valence-corrected chi connectivity index (χ0v) is 9.76. The first kappa shape index (κ1) is 13.0. The average Bonchev–Trinajstić information content (AvgIpc) is 2.28. The molecular formula is C13H21NO2. The smallest absolute Gasteiger partial charge is 0.0802 e. The summed E-state index contributed by atoms with van der Waals surface area (Å²) in [6, 6.07) is 7.61. The van der Waals surface area contributed by atoms with Crippen molar-refractivity contribution in [3.05, 3.63) is 29.8 Å². The molecule has 0 bridgehead atoms. The van der Waals surface area contributed by atoms with Crippen molar-refractivity contribution in [1.82, 2.24) is 0 Å². The van der Waals surface area contributed by atoms with Gasteiger partial charge in [-0.2, -0.15) is 0 Å². The molecule has 3 heteroatoms. The molecule has 0 amide bonds. The van der Waals surface area contributed by atoms with Crippen LogP contribution in [0.15, 0.2) is 24.3 Å². The standard InChI is InChI=1S/C13H21NO2/c1-2-3-12(15)13(16)9-6-10-4-7-11(14)8-5-10/h4-5,7-8,12-13,15-16H,2-3,6,9,14H2,1H3. The van der Waals surface area contributed by atoms with Crippen molar-refractivity contribution in [3.63, 3.8) is 0 Å². The van der Waals surface area contributed by atoms with Crippen LogP contribution in [0.5, 0.6) is 0 Å². The zero-order chi connectivity index (χ0) is 12.0. The van der Waals surface area contributed by atoms with Gasteiger partial charge < -0.3 is 15.9 Å². The van der Waals surface area contributed by atoms with E-state index in [0.29, 0.717) is 12.8 Å². The Kier molecular flexibility index (Phi) is 5.29. The summed E-state index contributed by atoms with van der Waals surface area (Å²) in [6.07, 6.45) is 1.67. The van der Waals surface area contributed by atoms with Gasteiger partial charge in [0.1, 0.15) is 0 Å². The lowest BCUT2D eigenvalue weighted by Gasteiger charge is -2.16. The Balaban J connectivity index is 2.36. The van der Waals surface area contributed by atoms with E-state index in [1.54, 1.807) is 0 Å². The summed E-state index contributed by atoms with van der Waals surface area (Å²) in [5.41, 5.74) is 7.46. The van der Waals surface area contributed by atoms with Gasteiger partial charge in [0.15, 0.2) is 0 Å². The quantitative estimate of drug-likeness (QED) is 0.643. The lowest BCUT2D eigenvalue weighted by molar-refractivity contribution is 0.00981. The number of aliphatic hydroxyl groups excluding tert-OH is 2. The average molecular weight is 223 g/mol. The van der Waals surface area contributed by atoms with Gasteiger partial charge in [0.2, 0.25) is 0 Å². The second kappa shape index (κ2) is 6.51. The fourth-order valence-corrected chi connectivity index (χ4v) is 1.68. The van der Waals surface area contributed by atoms with Crippen molar-refractivity contribution < 1.29 is 10.2 Å². The molecular weight excluding hydrogens is 202 g/mol. The molecule has 1 aromatic rings. The van der Waals surface area contributed by atoms with Crippen LogP contribution < -0.4 is 5.73 Å². The van der Waals surface area contributed by atoms with Crippen molar-refractivity contribution in [1.29, 1.82) is 0 Å². The van der Waals surface area contributed by atoms with Crippen molar-refractivity contribution in [2.24, 2.45) is 0 Å². The van der Waals surface area contributed by atoms with Crippen LogP contribution in [0.25, 0.3) is 0 Å². The highest BCUT2D eigenvalue weighted by Crippen LogP contribution is 2.12. The summed E-state index contributed by atoms with van der Waals surface area (Å²) in [5.74, 6) is 0. The normalized spacial score (nSPS) is 14.7. The minimum atomic E-state index is -0.627. The maximum atomic E-state index is 9.69. The molecule has 0 fully saturated rings. The molecule has 3 nitrogen and oxygen atoms in total. The van der Waals surface area contributed by atoms with Crippen LogP contribution in [-0.2, 0) is 6.42 Å². The Morgan fingerprint density at radius 3 is 2.19 bits per heavy atom. The molecule has 2 atom stereocenters. The zero-order valence-electron chi connectivity index (χ0n) is 9.76. The van der Waals surface area contributed by atoms with Crippen molar-refractivity contribution >= 4 is 5.69 Å². The maximum absolute atomic E-state index is 9.69. The van der Waals surface area contributed by atoms with Crippen LogP contribution in [0, 0.1) is 0 Å². The molecule has 2 unspecified atom stereocenters. The Bertz CT molecular complexity index is 297. The molecule has 0 aliphatic heterocycles.